The first-order chi connectivity index (χ1) is 7.26. The third-order valence-corrected chi connectivity index (χ3v) is 3.43. The van der Waals surface area contributed by atoms with Crippen molar-refractivity contribution in [1.82, 2.24) is 4.72 Å². The van der Waals surface area contributed by atoms with Crippen molar-refractivity contribution in [3.63, 3.8) is 0 Å². The molecule has 16 heavy (non-hydrogen) atoms. The van der Waals surface area contributed by atoms with Gasteiger partial charge in [0.2, 0.25) is 10.0 Å². The van der Waals surface area contributed by atoms with Crippen LogP contribution < -0.4 is 10.5 Å². The van der Waals surface area contributed by atoms with Gasteiger partial charge in [0.25, 0.3) is 0 Å². The minimum atomic E-state index is -3.92. The van der Waals surface area contributed by atoms with Crippen molar-refractivity contribution in [3.8, 4) is 0 Å². The van der Waals surface area contributed by atoms with E-state index in [9.17, 15) is 13.2 Å². The number of carbonyl (C=O) groups is 1. The molecule has 1 aromatic rings. The van der Waals surface area contributed by atoms with E-state index >= 15 is 0 Å². The van der Waals surface area contributed by atoms with Crippen LogP contribution in [0, 0.1) is 0 Å². The first kappa shape index (κ1) is 12.6. The lowest BCUT2D eigenvalue weighted by atomic mass is 10.2. The van der Waals surface area contributed by atoms with E-state index in [1.807, 2.05) is 4.72 Å². The van der Waals surface area contributed by atoms with E-state index in [0.29, 0.717) is 0 Å². The summed E-state index contributed by atoms with van der Waals surface area (Å²) in [6.07, 6.45) is 0. The van der Waals surface area contributed by atoms with Crippen LogP contribution in [-0.2, 0) is 14.8 Å². The smallest absolute Gasteiger partial charge is 0.339 e. The summed E-state index contributed by atoms with van der Waals surface area (Å²) in [5.74, 6) is -1.45. The van der Waals surface area contributed by atoms with Crippen molar-refractivity contribution in [2.45, 2.75) is 17.5 Å². The molecule has 0 heterocycles. The van der Waals surface area contributed by atoms with Gasteiger partial charge in [-0.25, -0.2) is 13.2 Å². The van der Waals surface area contributed by atoms with Crippen LogP contribution in [0.15, 0.2) is 35.2 Å². The summed E-state index contributed by atoms with van der Waals surface area (Å²) in [7, 11) is -3.92. The van der Waals surface area contributed by atoms with E-state index in [-0.39, 0.29) is 4.90 Å². The van der Waals surface area contributed by atoms with E-state index in [0.717, 1.165) is 6.92 Å². The lowest BCUT2D eigenvalue weighted by Gasteiger charge is -2.20. The molecule has 0 aliphatic rings. The third kappa shape index (κ3) is 2.78. The Morgan fingerprint density at radius 3 is 2.31 bits per heavy atom. The number of sulfonamides is 1. The molecule has 1 atom stereocenters. The van der Waals surface area contributed by atoms with E-state index in [2.05, 4.69) is 0 Å². The number of rotatable bonds is 4. The average molecular weight is 244 g/mol. The maximum absolute atomic E-state index is 11.7. The Kier molecular flexibility index (Phi) is 3.32. The molecule has 88 valence electrons. The Bertz CT molecular complexity index is 481. The maximum Gasteiger partial charge on any atom is 0.339 e. The summed E-state index contributed by atoms with van der Waals surface area (Å²) < 4.78 is 25.3. The van der Waals surface area contributed by atoms with Crippen molar-refractivity contribution >= 4 is 16.0 Å². The molecule has 1 unspecified atom stereocenters. The Hall–Kier alpha value is -1.44. The second-order valence-electron chi connectivity index (χ2n) is 3.43. The molecule has 0 aromatic heterocycles. The number of hydrogen-bond donors (Lipinski definition) is 3. The zero-order valence-electron chi connectivity index (χ0n) is 8.54. The molecular formula is C9H12N2O4S. The van der Waals surface area contributed by atoms with E-state index in [1.165, 1.54) is 24.3 Å². The molecule has 0 spiro atoms. The van der Waals surface area contributed by atoms with Crippen LogP contribution in [-0.4, -0.2) is 25.2 Å². The van der Waals surface area contributed by atoms with Gasteiger partial charge >= 0.3 is 5.97 Å². The molecule has 0 amide bonds. The Morgan fingerprint density at radius 2 is 1.88 bits per heavy atom. The summed E-state index contributed by atoms with van der Waals surface area (Å²) in [5.41, 5.74) is 3.26. The molecule has 0 saturated carbocycles. The number of nitrogens with one attached hydrogen (secondary N) is 1. The van der Waals surface area contributed by atoms with Gasteiger partial charge in [-0.2, -0.15) is 4.72 Å². The summed E-state index contributed by atoms with van der Waals surface area (Å²) >= 11 is 0. The molecule has 4 N–H and O–H groups in total. The summed E-state index contributed by atoms with van der Waals surface area (Å²) in [4.78, 5) is 10.6. The number of carboxylic acid groups (broad SMARTS) is 1. The molecule has 7 heteroatoms. The topological polar surface area (TPSA) is 109 Å². The first-order valence-corrected chi connectivity index (χ1v) is 5.85. The second-order valence-corrected chi connectivity index (χ2v) is 5.11. The molecule has 0 fully saturated rings. The number of nitrogens with two attached hydrogens (primary N) is 1. The zero-order chi connectivity index (χ0) is 12.4. The zero-order valence-corrected chi connectivity index (χ0v) is 9.36. The second kappa shape index (κ2) is 4.20. The molecule has 0 bridgehead atoms. The minimum Gasteiger partial charge on any atom is -0.479 e. The molecule has 0 aliphatic carbocycles. The van der Waals surface area contributed by atoms with Crippen LogP contribution in [0.3, 0.4) is 0 Å². The van der Waals surface area contributed by atoms with Crippen molar-refractivity contribution in [1.29, 1.82) is 0 Å². The lowest BCUT2D eigenvalue weighted by molar-refractivity contribution is -0.143. The maximum atomic E-state index is 11.7. The van der Waals surface area contributed by atoms with Crippen LogP contribution >= 0.6 is 0 Å². The van der Waals surface area contributed by atoms with Gasteiger partial charge in [0.05, 0.1) is 4.90 Å². The van der Waals surface area contributed by atoms with Crippen LogP contribution in [0.4, 0.5) is 0 Å². The van der Waals surface area contributed by atoms with Gasteiger partial charge in [0, 0.05) is 0 Å². The number of benzene rings is 1. The van der Waals surface area contributed by atoms with Gasteiger partial charge in [0.1, 0.15) is 0 Å². The summed E-state index contributed by atoms with van der Waals surface area (Å²) in [6, 6.07) is 7.41. The summed E-state index contributed by atoms with van der Waals surface area (Å²) in [5, 5.41) is 8.70. The Labute approximate surface area is 93.1 Å². The molecule has 0 radical (unpaired) electrons. The van der Waals surface area contributed by atoms with Crippen molar-refractivity contribution in [2.75, 3.05) is 0 Å². The Morgan fingerprint density at radius 1 is 1.38 bits per heavy atom. The third-order valence-electron chi connectivity index (χ3n) is 1.84. The van der Waals surface area contributed by atoms with Gasteiger partial charge < -0.3 is 10.8 Å². The lowest BCUT2D eigenvalue weighted by Crippen LogP contribution is -2.59. The normalized spacial score (nSPS) is 15.4. The van der Waals surface area contributed by atoms with Crippen LogP contribution in [0.2, 0.25) is 0 Å². The van der Waals surface area contributed by atoms with Crippen LogP contribution in [0.1, 0.15) is 6.92 Å². The molecule has 1 aromatic carbocycles. The largest absolute Gasteiger partial charge is 0.479 e. The van der Waals surface area contributed by atoms with E-state index in [1.54, 1.807) is 6.07 Å². The van der Waals surface area contributed by atoms with E-state index < -0.39 is 21.7 Å². The first-order valence-electron chi connectivity index (χ1n) is 4.37. The molecule has 1 rings (SSSR count). The molecule has 0 saturated heterocycles. The number of hydrogen-bond acceptors (Lipinski definition) is 4. The van der Waals surface area contributed by atoms with Crippen LogP contribution in [0.5, 0.6) is 0 Å². The quantitative estimate of drug-likeness (QED) is 0.631. The monoisotopic (exact) mass is 244 g/mol. The average Bonchev–Trinajstić information content (AvgIpc) is 2.17. The number of aliphatic carboxylic acids is 1. The van der Waals surface area contributed by atoms with Crippen molar-refractivity contribution < 1.29 is 18.3 Å². The minimum absolute atomic E-state index is 0.0343. The molecule has 0 aliphatic heterocycles. The fourth-order valence-electron chi connectivity index (χ4n) is 0.981. The fraction of sp³-hybridized carbons (Fsp3) is 0.222. The fourth-order valence-corrected chi connectivity index (χ4v) is 2.26. The van der Waals surface area contributed by atoms with Gasteiger partial charge in [-0.15, -0.1) is 0 Å². The van der Waals surface area contributed by atoms with Gasteiger partial charge in [0.15, 0.2) is 5.66 Å². The van der Waals surface area contributed by atoms with Gasteiger partial charge in [-0.3, -0.25) is 0 Å². The highest BCUT2D eigenvalue weighted by Crippen LogP contribution is 2.09. The highest BCUT2D eigenvalue weighted by atomic mass is 32.2. The summed E-state index contributed by atoms with van der Waals surface area (Å²) in [6.45, 7) is 1.07. The van der Waals surface area contributed by atoms with Crippen molar-refractivity contribution in [3.05, 3.63) is 30.3 Å². The standard InChI is InChI=1S/C9H12N2O4S/c1-9(10,8(12)13)11-16(14,15)7-5-3-2-4-6-7/h2-6,11H,10H2,1H3,(H,12,13). The van der Waals surface area contributed by atoms with Gasteiger partial charge in [-0.1, -0.05) is 18.2 Å². The van der Waals surface area contributed by atoms with E-state index in [4.69, 9.17) is 10.8 Å². The highest BCUT2D eigenvalue weighted by Gasteiger charge is 2.33. The predicted molar refractivity (Wildman–Crippen MR) is 57.0 cm³/mol. The van der Waals surface area contributed by atoms with Crippen LogP contribution in [0.25, 0.3) is 0 Å². The predicted octanol–water partition coefficient (Wildman–Crippen LogP) is -0.276. The van der Waals surface area contributed by atoms with Gasteiger partial charge in [-0.05, 0) is 19.1 Å². The Balaban J connectivity index is 3.03. The SMILES string of the molecule is CC(N)(NS(=O)(=O)c1ccccc1)C(=O)O. The molecule has 6 nitrogen and oxygen atoms in total. The highest BCUT2D eigenvalue weighted by molar-refractivity contribution is 7.89. The van der Waals surface area contributed by atoms with Crippen molar-refractivity contribution in [2.24, 2.45) is 5.73 Å². The number of carboxylic acids is 1. The molecular weight excluding hydrogens is 232 g/mol.